The van der Waals surface area contributed by atoms with Gasteiger partial charge in [-0.25, -0.2) is 0 Å². The Kier molecular flexibility index (Phi) is 4.00. The summed E-state index contributed by atoms with van der Waals surface area (Å²) < 4.78 is 5.86. The summed E-state index contributed by atoms with van der Waals surface area (Å²) in [4.78, 5) is 4.37. The van der Waals surface area contributed by atoms with Gasteiger partial charge in [-0.05, 0) is 48.4 Å². The van der Waals surface area contributed by atoms with Crippen LogP contribution >= 0.6 is 23.2 Å². The second-order valence-electron chi connectivity index (χ2n) is 4.66. The maximum absolute atomic E-state index is 6.13. The first-order valence-electron chi connectivity index (χ1n) is 6.68. The lowest BCUT2D eigenvalue weighted by molar-refractivity contribution is 0.484. The molecule has 2 nitrogen and oxygen atoms in total. The molecular weight excluding hydrogens is 305 g/mol. The number of rotatable bonds is 3. The van der Waals surface area contributed by atoms with Crippen LogP contribution in [0.3, 0.4) is 0 Å². The van der Waals surface area contributed by atoms with E-state index in [1.165, 1.54) is 5.56 Å². The van der Waals surface area contributed by atoms with Gasteiger partial charge in [-0.3, -0.25) is 4.98 Å². The van der Waals surface area contributed by atoms with Crippen LogP contribution in [0.25, 0.3) is 10.9 Å². The SMILES string of the molecule is CCc1ccnc2ccc(Oc3c(Cl)cccc3Cl)cc12. The summed E-state index contributed by atoms with van der Waals surface area (Å²) in [5, 5.41) is 2.06. The van der Waals surface area contributed by atoms with E-state index in [4.69, 9.17) is 27.9 Å². The van der Waals surface area contributed by atoms with Crippen LogP contribution < -0.4 is 4.74 Å². The van der Waals surface area contributed by atoms with Crippen molar-refractivity contribution in [1.82, 2.24) is 4.98 Å². The van der Waals surface area contributed by atoms with Crippen molar-refractivity contribution in [1.29, 1.82) is 0 Å². The fourth-order valence-corrected chi connectivity index (χ4v) is 2.73. The van der Waals surface area contributed by atoms with Crippen LogP contribution in [-0.4, -0.2) is 4.98 Å². The van der Waals surface area contributed by atoms with Gasteiger partial charge < -0.3 is 4.74 Å². The van der Waals surface area contributed by atoms with Crippen molar-refractivity contribution in [3.05, 3.63) is 64.3 Å². The summed E-state index contributed by atoms with van der Waals surface area (Å²) in [5.74, 6) is 1.17. The number of benzene rings is 2. The molecular formula is C17H13Cl2NO. The van der Waals surface area contributed by atoms with Gasteiger partial charge in [-0.1, -0.05) is 36.2 Å². The highest BCUT2D eigenvalue weighted by molar-refractivity contribution is 6.37. The fourth-order valence-electron chi connectivity index (χ4n) is 2.25. The maximum Gasteiger partial charge on any atom is 0.164 e. The molecule has 0 fully saturated rings. The summed E-state index contributed by atoms with van der Waals surface area (Å²) in [5.41, 5.74) is 2.18. The Morgan fingerprint density at radius 1 is 1.05 bits per heavy atom. The average molecular weight is 318 g/mol. The zero-order chi connectivity index (χ0) is 14.8. The van der Waals surface area contributed by atoms with Crippen molar-refractivity contribution in [2.45, 2.75) is 13.3 Å². The molecule has 0 atom stereocenters. The number of para-hydroxylation sites is 1. The van der Waals surface area contributed by atoms with E-state index in [9.17, 15) is 0 Å². The molecule has 2 aromatic carbocycles. The molecule has 21 heavy (non-hydrogen) atoms. The normalized spacial score (nSPS) is 10.8. The largest absolute Gasteiger partial charge is 0.454 e. The Hall–Kier alpha value is -1.77. The quantitative estimate of drug-likeness (QED) is 0.600. The highest BCUT2D eigenvalue weighted by atomic mass is 35.5. The predicted octanol–water partition coefficient (Wildman–Crippen LogP) is 5.90. The van der Waals surface area contributed by atoms with Gasteiger partial charge in [0.1, 0.15) is 5.75 Å². The number of halogens is 2. The fraction of sp³-hybridized carbons (Fsp3) is 0.118. The van der Waals surface area contributed by atoms with Gasteiger partial charge in [0.2, 0.25) is 0 Å². The van der Waals surface area contributed by atoms with Gasteiger partial charge in [0.05, 0.1) is 15.6 Å². The van der Waals surface area contributed by atoms with Crippen LogP contribution in [0.15, 0.2) is 48.7 Å². The van der Waals surface area contributed by atoms with E-state index in [1.54, 1.807) is 18.2 Å². The minimum absolute atomic E-state index is 0.474. The molecule has 0 radical (unpaired) electrons. The minimum atomic E-state index is 0.474. The number of nitrogens with zero attached hydrogens (tertiary/aromatic N) is 1. The van der Waals surface area contributed by atoms with Crippen molar-refractivity contribution < 1.29 is 4.74 Å². The van der Waals surface area contributed by atoms with Gasteiger partial charge in [0, 0.05) is 11.6 Å². The lowest BCUT2D eigenvalue weighted by Gasteiger charge is -2.11. The van der Waals surface area contributed by atoms with Crippen molar-refractivity contribution in [3.8, 4) is 11.5 Å². The number of hydrogen-bond donors (Lipinski definition) is 0. The van der Waals surface area contributed by atoms with Crippen LogP contribution in [0.5, 0.6) is 11.5 Å². The monoisotopic (exact) mass is 317 g/mol. The van der Waals surface area contributed by atoms with E-state index < -0.39 is 0 Å². The molecule has 0 spiro atoms. The molecule has 1 heterocycles. The van der Waals surface area contributed by atoms with Crippen LogP contribution in [0.2, 0.25) is 10.0 Å². The molecule has 0 N–H and O–H groups in total. The Bertz CT molecular complexity index is 782. The van der Waals surface area contributed by atoms with Crippen LogP contribution in [-0.2, 0) is 6.42 Å². The van der Waals surface area contributed by atoms with Crippen LogP contribution in [0.1, 0.15) is 12.5 Å². The Labute approximate surface area is 133 Å². The topological polar surface area (TPSA) is 22.1 Å². The lowest BCUT2D eigenvalue weighted by Crippen LogP contribution is -1.90. The summed E-state index contributed by atoms with van der Waals surface area (Å²) in [6.07, 6.45) is 2.77. The van der Waals surface area contributed by atoms with Gasteiger partial charge in [0.15, 0.2) is 5.75 Å². The summed E-state index contributed by atoms with van der Waals surface area (Å²) in [6.45, 7) is 2.12. The number of hydrogen-bond acceptors (Lipinski definition) is 2. The van der Waals surface area contributed by atoms with Gasteiger partial charge >= 0.3 is 0 Å². The smallest absolute Gasteiger partial charge is 0.164 e. The Balaban J connectivity index is 2.05. The minimum Gasteiger partial charge on any atom is -0.454 e. The Morgan fingerprint density at radius 2 is 1.81 bits per heavy atom. The lowest BCUT2D eigenvalue weighted by atomic mass is 10.1. The van der Waals surface area contributed by atoms with Crippen molar-refractivity contribution >= 4 is 34.1 Å². The third kappa shape index (κ3) is 2.82. The van der Waals surface area contributed by atoms with Gasteiger partial charge in [-0.15, -0.1) is 0 Å². The molecule has 0 saturated carbocycles. The van der Waals surface area contributed by atoms with Crippen LogP contribution in [0.4, 0.5) is 0 Å². The van der Waals surface area contributed by atoms with Crippen molar-refractivity contribution in [2.75, 3.05) is 0 Å². The van der Waals surface area contributed by atoms with Gasteiger partial charge in [0.25, 0.3) is 0 Å². The average Bonchev–Trinajstić information content (AvgIpc) is 2.50. The zero-order valence-corrected chi connectivity index (χ0v) is 12.9. The molecule has 0 amide bonds. The zero-order valence-electron chi connectivity index (χ0n) is 11.4. The summed E-state index contributed by atoms with van der Waals surface area (Å²) in [7, 11) is 0. The molecule has 1 aromatic heterocycles. The molecule has 0 saturated heterocycles. The number of pyridine rings is 1. The molecule has 0 aliphatic rings. The second kappa shape index (κ2) is 5.92. The summed E-state index contributed by atoms with van der Waals surface area (Å²) >= 11 is 12.3. The Morgan fingerprint density at radius 3 is 2.52 bits per heavy atom. The highest BCUT2D eigenvalue weighted by Crippen LogP contribution is 2.36. The number of fused-ring (bicyclic) bond motifs is 1. The first-order valence-corrected chi connectivity index (χ1v) is 7.44. The predicted molar refractivity (Wildman–Crippen MR) is 87.7 cm³/mol. The first-order chi connectivity index (χ1) is 10.2. The van der Waals surface area contributed by atoms with E-state index in [-0.39, 0.29) is 0 Å². The first kappa shape index (κ1) is 14.2. The highest BCUT2D eigenvalue weighted by Gasteiger charge is 2.09. The van der Waals surface area contributed by atoms with E-state index in [2.05, 4.69) is 11.9 Å². The van der Waals surface area contributed by atoms with Crippen molar-refractivity contribution in [3.63, 3.8) is 0 Å². The molecule has 4 heteroatoms. The maximum atomic E-state index is 6.13. The molecule has 3 rings (SSSR count). The molecule has 0 unspecified atom stereocenters. The molecule has 106 valence electrons. The number of aryl methyl sites for hydroxylation is 1. The molecule has 0 aliphatic heterocycles. The van der Waals surface area contributed by atoms with E-state index >= 15 is 0 Å². The van der Waals surface area contributed by atoms with Crippen LogP contribution in [0, 0.1) is 0 Å². The van der Waals surface area contributed by atoms with Crippen molar-refractivity contribution in [2.24, 2.45) is 0 Å². The third-order valence-corrected chi connectivity index (χ3v) is 3.92. The third-order valence-electron chi connectivity index (χ3n) is 3.32. The standard InChI is InChI=1S/C17H13Cl2NO/c1-2-11-8-9-20-16-7-6-12(10-13(11)16)21-17-14(18)4-3-5-15(17)19/h3-10H,2H2,1H3. The van der Waals surface area contributed by atoms with E-state index in [1.807, 2.05) is 30.5 Å². The molecule has 0 bridgehead atoms. The second-order valence-corrected chi connectivity index (χ2v) is 5.47. The summed E-state index contributed by atoms with van der Waals surface area (Å²) in [6, 6.07) is 13.1. The number of ether oxygens (including phenoxy) is 1. The molecule has 3 aromatic rings. The number of aromatic nitrogens is 1. The molecule has 0 aliphatic carbocycles. The van der Waals surface area contributed by atoms with Gasteiger partial charge in [-0.2, -0.15) is 0 Å². The van der Waals surface area contributed by atoms with E-state index in [0.717, 1.165) is 17.3 Å². The van der Waals surface area contributed by atoms with E-state index in [0.29, 0.717) is 21.5 Å².